The van der Waals surface area contributed by atoms with E-state index in [0.29, 0.717) is 0 Å². The monoisotopic (exact) mass is 145 g/mol. The molecule has 0 amide bonds. The van der Waals surface area contributed by atoms with Crippen molar-refractivity contribution in [2.75, 3.05) is 6.61 Å². The van der Waals surface area contributed by atoms with E-state index in [1.807, 2.05) is 6.92 Å². The zero-order valence-corrected chi connectivity index (χ0v) is 7.26. The molecule has 2 heteroatoms. The van der Waals surface area contributed by atoms with E-state index in [0.717, 1.165) is 19.4 Å². The van der Waals surface area contributed by atoms with Crippen LogP contribution in [-0.2, 0) is 4.74 Å². The van der Waals surface area contributed by atoms with Crippen LogP contribution in [0.3, 0.4) is 0 Å². The highest BCUT2D eigenvalue weighted by atomic mass is 16.5. The van der Waals surface area contributed by atoms with Gasteiger partial charge in [0.1, 0.15) is 0 Å². The van der Waals surface area contributed by atoms with Crippen molar-refractivity contribution < 1.29 is 4.74 Å². The quantitative estimate of drug-likeness (QED) is 0.637. The van der Waals surface area contributed by atoms with Crippen LogP contribution < -0.4 is 5.73 Å². The maximum atomic E-state index is 5.79. The first-order valence-corrected chi connectivity index (χ1v) is 4.13. The summed E-state index contributed by atoms with van der Waals surface area (Å²) < 4.78 is 5.42. The number of rotatable bonds is 5. The van der Waals surface area contributed by atoms with Crippen LogP contribution in [0.5, 0.6) is 0 Å². The van der Waals surface area contributed by atoms with Crippen LogP contribution in [0.4, 0.5) is 0 Å². The molecule has 0 radical (unpaired) electrons. The molecule has 2 nitrogen and oxygen atoms in total. The lowest BCUT2D eigenvalue weighted by Gasteiger charge is -2.20. The molecule has 0 aliphatic carbocycles. The van der Waals surface area contributed by atoms with Gasteiger partial charge in [0.05, 0.1) is 6.10 Å². The molecular formula is C8H19NO. The van der Waals surface area contributed by atoms with Gasteiger partial charge < -0.3 is 10.5 Å². The Morgan fingerprint density at radius 2 is 1.80 bits per heavy atom. The van der Waals surface area contributed by atoms with Gasteiger partial charge >= 0.3 is 0 Å². The molecule has 0 aromatic rings. The summed E-state index contributed by atoms with van der Waals surface area (Å²) in [5.41, 5.74) is 5.79. The molecular weight excluding hydrogens is 126 g/mol. The van der Waals surface area contributed by atoms with Crippen LogP contribution in [0.15, 0.2) is 0 Å². The van der Waals surface area contributed by atoms with E-state index < -0.39 is 0 Å². The third kappa shape index (κ3) is 3.18. The summed E-state index contributed by atoms with van der Waals surface area (Å²) in [6, 6.07) is 0.213. The van der Waals surface area contributed by atoms with E-state index in [1.165, 1.54) is 0 Å². The minimum Gasteiger partial charge on any atom is -0.377 e. The average molecular weight is 145 g/mol. The van der Waals surface area contributed by atoms with Gasteiger partial charge in [-0.1, -0.05) is 13.8 Å². The summed E-state index contributed by atoms with van der Waals surface area (Å²) in [4.78, 5) is 0. The van der Waals surface area contributed by atoms with Gasteiger partial charge in [0, 0.05) is 12.6 Å². The molecule has 0 aliphatic rings. The minimum absolute atomic E-state index is 0.213. The van der Waals surface area contributed by atoms with E-state index in [2.05, 4.69) is 13.8 Å². The Labute approximate surface area is 63.7 Å². The molecule has 0 saturated carbocycles. The fraction of sp³-hybridized carbons (Fsp3) is 1.00. The SMILES string of the molecule is CCOC(CC)[C@@H](N)CC. The van der Waals surface area contributed by atoms with E-state index in [1.54, 1.807) is 0 Å². The smallest absolute Gasteiger partial charge is 0.0723 e. The molecule has 2 atom stereocenters. The Kier molecular flexibility index (Phi) is 5.64. The third-order valence-corrected chi connectivity index (χ3v) is 1.73. The second-order valence-electron chi connectivity index (χ2n) is 2.47. The number of hydrogen-bond acceptors (Lipinski definition) is 2. The lowest BCUT2D eigenvalue weighted by molar-refractivity contribution is 0.0408. The largest absolute Gasteiger partial charge is 0.377 e. The normalized spacial score (nSPS) is 16.8. The maximum absolute atomic E-state index is 5.79. The molecule has 0 aromatic heterocycles. The van der Waals surface area contributed by atoms with E-state index in [-0.39, 0.29) is 12.1 Å². The molecule has 0 rings (SSSR count). The topological polar surface area (TPSA) is 35.2 Å². The highest BCUT2D eigenvalue weighted by Gasteiger charge is 2.12. The number of nitrogens with two attached hydrogens (primary N) is 1. The van der Waals surface area contributed by atoms with Crippen LogP contribution >= 0.6 is 0 Å². The Hall–Kier alpha value is -0.0800. The fourth-order valence-corrected chi connectivity index (χ4v) is 1.02. The Morgan fingerprint density at radius 1 is 1.20 bits per heavy atom. The molecule has 0 spiro atoms. The Morgan fingerprint density at radius 3 is 2.10 bits per heavy atom. The number of ether oxygens (including phenoxy) is 1. The summed E-state index contributed by atoms with van der Waals surface area (Å²) >= 11 is 0. The van der Waals surface area contributed by atoms with Crippen molar-refractivity contribution in [3.05, 3.63) is 0 Å². The van der Waals surface area contributed by atoms with Gasteiger partial charge in [-0.25, -0.2) is 0 Å². The summed E-state index contributed by atoms with van der Waals surface area (Å²) in [6.07, 6.45) is 2.27. The van der Waals surface area contributed by atoms with Crippen molar-refractivity contribution >= 4 is 0 Å². The van der Waals surface area contributed by atoms with E-state index >= 15 is 0 Å². The average Bonchev–Trinajstić information content (AvgIpc) is 1.99. The molecule has 2 N–H and O–H groups in total. The maximum Gasteiger partial charge on any atom is 0.0723 e. The zero-order valence-electron chi connectivity index (χ0n) is 7.26. The molecule has 0 heterocycles. The molecule has 62 valence electrons. The first kappa shape index (κ1) is 9.92. The summed E-state index contributed by atoms with van der Waals surface area (Å²) in [5.74, 6) is 0. The van der Waals surface area contributed by atoms with E-state index in [4.69, 9.17) is 10.5 Å². The van der Waals surface area contributed by atoms with Crippen molar-refractivity contribution in [2.24, 2.45) is 5.73 Å². The zero-order chi connectivity index (χ0) is 7.98. The van der Waals surface area contributed by atoms with Gasteiger partial charge in [0.25, 0.3) is 0 Å². The van der Waals surface area contributed by atoms with Crippen LogP contribution in [-0.4, -0.2) is 18.8 Å². The predicted molar refractivity (Wildman–Crippen MR) is 44.0 cm³/mol. The van der Waals surface area contributed by atoms with Crippen LogP contribution in [0.25, 0.3) is 0 Å². The van der Waals surface area contributed by atoms with Gasteiger partial charge in [0.2, 0.25) is 0 Å². The van der Waals surface area contributed by atoms with Crippen molar-refractivity contribution in [1.82, 2.24) is 0 Å². The van der Waals surface area contributed by atoms with Gasteiger partial charge in [-0.05, 0) is 19.8 Å². The van der Waals surface area contributed by atoms with E-state index in [9.17, 15) is 0 Å². The fourth-order valence-electron chi connectivity index (χ4n) is 1.02. The van der Waals surface area contributed by atoms with Gasteiger partial charge in [-0.2, -0.15) is 0 Å². The highest BCUT2D eigenvalue weighted by molar-refractivity contribution is 4.69. The molecule has 1 unspecified atom stereocenters. The minimum atomic E-state index is 0.213. The van der Waals surface area contributed by atoms with Crippen LogP contribution in [0.2, 0.25) is 0 Å². The second kappa shape index (κ2) is 5.69. The molecule has 10 heavy (non-hydrogen) atoms. The lowest BCUT2D eigenvalue weighted by atomic mass is 10.1. The molecule has 0 saturated heterocycles. The highest BCUT2D eigenvalue weighted by Crippen LogP contribution is 2.04. The Bertz CT molecular complexity index is 75.7. The predicted octanol–water partition coefficient (Wildman–Crippen LogP) is 1.54. The lowest BCUT2D eigenvalue weighted by Crippen LogP contribution is -2.35. The van der Waals surface area contributed by atoms with Crippen LogP contribution in [0, 0.1) is 0 Å². The standard InChI is InChI=1S/C8H19NO/c1-4-7(9)8(5-2)10-6-3/h7-8H,4-6,9H2,1-3H3/t7-,8?/m0/s1. The second-order valence-corrected chi connectivity index (χ2v) is 2.47. The Balaban J connectivity index is 3.56. The van der Waals surface area contributed by atoms with Crippen molar-refractivity contribution in [3.8, 4) is 0 Å². The van der Waals surface area contributed by atoms with Gasteiger partial charge in [0.15, 0.2) is 0 Å². The van der Waals surface area contributed by atoms with Gasteiger partial charge in [-0.15, -0.1) is 0 Å². The van der Waals surface area contributed by atoms with Crippen LogP contribution in [0.1, 0.15) is 33.6 Å². The molecule has 0 aromatic carbocycles. The molecule has 0 aliphatic heterocycles. The van der Waals surface area contributed by atoms with Gasteiger partial charge in [-0.3, -0.25) is 0 Å². The summed E-state index contributed by atoms with van der Waals surface area (Å²) in [7, 11) is 0. The summed E-state index contributed by atoms with van der Waals surface area (Å²) in [5, 5.41) is 0. The summed E-state index contributed by atoms with van der Waals surface area (Å²) in [6.45, 7) is 6.97. The first-order chi connectivity index (χ1) is 4.76. The van der Waals surface area contributed by atoms with Crippen molar-refractivity contribution in [3.63, 3.8) is 0 Å². The van der Waals surface area contributed by atoms with Crippen molar-refractivity contribution in [1.29, 1.82) is 0 Å². The number of hydrogen-bond donors (Lipinski definition) is 1. The molecule has 0 fully saturated rings. The first-order valence-electron chi connectivity index (χ1n) is 4.13. The molecule has 0 bridgehead atoms. The van der Waals surface area contributed by atoms with Crippen molar-refractivity contribution in [2.45, 2.75) is 45.8 Å². The third-order valence-electron chi connectivity index (χ3n) is 1.73.